The number of carbonyl (C=O) groups excluding carboxylic acids is 2. The smallest absolute Gasteiger partial charge is 0.320 e. The van der Waals surface area contributed by atoms with Crippen LogP contribution in [0.15, 0.2) is 59.1 Å². The van der Waals surface area contributed by atoms with E-state index >= 15 is 0 Å². The summed E-state index contributed by atoms with van der Waals surface area (Å²) in [5.41, 5.74) is -11.2. The number of alkyl halides is 10. The van der Waals surface area contributed by atoms with Crippen LogP contribution in [-0.4, -0.2) is 30.7 Å². The average Bonchev–Trinajstić information content (AvgIpc) is 3.70. The fourth-order valence-electron chi connectivity index (χ4n) is 5.28. The third-order valence-electron chi connectivity index (χ3n) is 7.48. The lowest BCUT2D eigenvalue weighted by molar-refractivity contribution is -0.348. The van der Waals surface area contributed by atoms with Crippen molar-refractivity contribution >= 4 is 50.7 Å². The van der Waals surface area contributed by atoms with Gasteiger partial charge in [0.1, 0.15) is 0 Å². The molecule has 0 aromatic heterocycles. The van der Waals surface area contributed by atoms with Gasteiger partial charge in [-0.2, -0.15) is 39.5 Å². The molecule has 2 atom stereocenters. The Morgan fingerprint density at radius 2 is 1.50 bits per heavy atom. The maximum atomic E-state index is 14.7. The number of anilines is 2. The van der Waals surface area contributed by atoms with Gasteiger partial charge < -0.3 is 10.2 Å². The van der Waals surface area contributed by atoms with E-state index in [0.29, 0.717) is 29.2 Å². The van der Waals surface area contributed by atoms with E-state index in [0.717, 1.165) is 0 Å². The van der Waals surface area contributed by atoms with Gasteiger partial charge in [0.25, 0.3) is 11.8 Å². The van der Waals surface area contributed by atoms with Gasteiger partial charge in [-0.3, -0.25) is 9.59 Å². The molecule has 1 saturated carbocycles. The van der Waals surface area contributed by atoms with Gasteiger partial charge in [0.15, 0.2) is 0 Å². The minimum Gasteiger partial charge on any atom is -0.320 e. The van der Waals surface area contributed by atoms with Crippen molar-refractivity contribution in [3.8, 4) is 0 Å². The largest absolute Gasteiger partial charge is 0.435 e. The Kier molecular flexibility index (Phi) is 7.76. The van der Waals surface area contributed by atoms with Crippen LogP contribution in [-0.2, 0) is 11.8 Å². The molecule has 2 aliphatic rings. The maximum Gasteiger partial charge on any atom is 0.435 e. The van der Waals surface area contributed by atoms with E-state index in [1.165, 1.54) is 47.4 Å². The number of carbonyl (C=O) groups is 2. The number of nitrogens with zero attached hydrogens (tertiary/aromatic N) is 1. The van der Waals surface area contributed by atoms with Crippen molar-refractivity contribution in [2.24, 2.45) is 5.92 Å². The molecule has 1 heterocycles. The number of amides is 2. The molecule has 4 nitrogen and oxygen atoms in total. The molecule has 234 valence electrons. The van der Waals surface area contributed by atoms with Gasteiger partial charge in [-0.25, -0.2) is 4.39 Å². The van der Waals surface area contributed by atoms with Crippen molar-refractivity contribution in [2.45, 2.75) is 36.5 Å². The molecule has 16 heteroatoms. The molecule has 0 radical (unpaired) electrons. The molecule has 0 saturated heterocycles. The average molecular weight is 718 g/mol. The van der Waals surface area contributed by atoms with E-state index in [-0.39, 0.29) is 29.0 Å². The van der Waals surface area contributed by atoms with Gasteiger partial charge in [-0.05, 0) is 88.3 Å². The fraction of sp³-hybridized carbons (Fsp3) is 0.286. The first-order valence-electron chi connectivity index (χ1n) is 12.5. The van der Waals surface area contributed by atoms with E-state index in [4.69, 9.17) is 11.6 Å². The third kappa shape index (κ3) is 5.41. The lowest BCUT2D eigenvalue weighted by Crippen LogP contribution is -2.50. The molecule has 1 fully saturated rings. The summed E-state index contributed by atoms with van der Waals surface area (Å²) < 4.78 is 135. The van der Waals surface area contributed by atoms with Crippen LogP contribution >= 0.6 is 27.5 Å². The Bertz CT molecular complexity index is 1640. The summed E-state index contributed by atoms with van der Waals surface area (Å²) in [7, 11) is 0. The summed E-state index contributed by atoms with van der Waals surface area (Å²) >= 11 is 8.39. The van der Waals surface area contributed by atoms with Crippen LogP contribution in [0, 0.1) is 5.92 Å². The first kappa shape index (κ1) is 32.1. The Morgan fingerprint density at radius 3 is 2.07 bits per heavy atom. The van der Waals surface area contributed by atoms with E-state index in [1.807, 2.05) is 5.32 Å². The second-order valence-electron chi connectivity index (χ2n) is 10.2. The van der Waals surface area contributed by atoms with E-state index in [9.17, 15) is 53.5 Å². The highest BCUT2D eigenvalue weighted by molar-refractivity contribution is 9.10. The summed E-state index contributed by atoms with van der Waals surface area (Å²) in [4.78, 5) is 28.1. The van der Waals surface area contributed by atoms with Gasteiger partial charge in [0.05, 0.1) is 11.3 Å². The monoisotopic (exact) mass is 716 g/mol. The molecule has 5 rings (SSSR count). The van der Waals surface area contributed by atoms with Crippen LogP contribution in [0.3, 0.4) is 0 Å². The standard InChI is InChI=1S/C28H16BrClF10N2O2/c29-19-10-14(25(31,27(35,36)37)28(38,39)40)9-18(26(32,33)34)22(19)41-23(43)16-2-1-3-20-21(16)17-8-13(17)11-42(20)24(44)12-4-6-15(30)7-5-12/h1-7,9-10,13,17H,8,11H2,(H,41,43). The summed E-state index contributed by atoms with van der Waals surface area (Å²) in [6.07, 6.45) is -18.4. The maximum absolute atomic E-state index is 14.7. The number of hydrogen-bond donors (Lipinski definition) is 1. The predicted octanol–water partition coefficient (Wildman–Crippen LogP) is 9.43. The zero-order valence-electron chi connectivity index (χ0n) is 21.6. The fourth-order valence-corrected chi connectivity index (χ4v) is 5.96. The first-order chi connectivity index (χ1) is 20.3. The van der Waals surface area contributed by atoms with Crippen molar-refractivity contribution in [3.05, 3.63) is 91.9 Å². The molecule has 1 aliphatic carbocycles. The van der Waals surface area contributed by atoms with Gasteiger partial charge in [0.2, 0.25) is 0 Å². The molecule has 2 unspecified atom stereocenters. The Morgan fingerprint density at radius 1 is 0.886 bits per heavy atom. The molecular weight excluding hydrogens is 702 g/mol. The topological polar surface area (TPSA) is 49.4 Å². The molecule has 0 bridgehead atoms. The summed E-state index contributed by atoms with van der Waals surface area (Å²) in [6, 6.07) is 9.40. The summed E-state index contributed by atoms with van der Waals surface area (Å²) in [5, 5.41) is 2.30. The highest BCUT2D eigenvalue weighted by Gasteiger charge is 2.73. The van der Waals surface area contributed by atoms with Crippen LogP contribution in [0.4, 0.5) is 55.3 Å². The molecule has 44 heavy (non-hydrogen) atoms. The zero-order valence-corrected chi connectivity index (χ0v) is 23.9. The summed E-state index contributed by atoms with van der Waals surface area (Å²) in [5.74, 6) is -1.94. The summed E-state index contributed by atoms with van der Waals surface area (Å²) in [6.45, 7) is 0.290. The molecular formula is C28H16BrClF10N2O2. The number of nitrogens with one attached hydrogen (secondary N) is 1. The number of benzene rings is 3. The Labute approximate surface area is 255 Å². The lowest BCUT2D eigenvalue weighted by atomic mass is 9.91. The van der Waals surface area contributed by atoms with Crippen LogP contribution < -0.4 is 10.2 Å². The second kappa shape index (κ2) is 10.6. The second-order valence-corrected chi connectivity index (χ2v) is 11.5. The van der Waals surface area contributed by atoms with E-state index < -0.39 is 63.4 Å². The Balaban J connectivity index is 1.56. The first-order valence-corrected chi connectivity index (χ1v) is 13.7. The Hall–Kier alpha value is -3.33. The molecule has 3 aromatic rings. The van der Waals surface area contributed by atoms with Crippen molar-refractivity contribution in [3.63, 3.8) is 0 Å². The zero-order chi connectivity index (χ0) is 32.6. The van der Waals surface area contributed by atoms with Crippen molar-refractivity contribution in [1.29, 1.82) is 0 Å². The van der Waals surface area contributed by atoms with Crippen LogP contribution in [0.2, 0.25) is 5.02 Å². The SMILES string of the molecule is O=C(Nc1c(Br)cc(C(F)(C(F)(F)F)C(F)(F)F)cc1C(F)(F)F)c1cccc2c1C1CC1CN2C(=O)c1ccc(Cl)cc1. The molecule has 1 aliphatic heterocycles. The van der Waals surface area contributed by atoms with Gasteiger partial charge in [-0.15, -0.1) is 0 Å². The number of hydrogen-bond acceptors (Lipinski definition) is 2. The van der Waals surface area contributed by atoms with E-state index in [1.54, 1.807) is 0 Å². The predicted molar refractivity (Wildman–Crippen MR) is 142 cm³/mol. The van der Waals surface area contributed by atoms with Gasteiger partial charge >= 0.3 is 24.2 Å². The van der Waals surface area contributed by atoms with Gasteiger partial charge in [-0.1, -0.05) is 17.7 Å². The third-order valence-corrected chi connectivity index (χ3v) is 8.36. The quantitative estimate of drug-likeness (QED) is 0.274. The van der Waals surface area contributed by atoms with Crippen molar-refractivity contribution in [2.75, 3.05) is 16.8 Å². The molecule has 2 amide bonds. The van der Waals surface area contributed by atoms with Crippen LogP contribution in [0.25, 0.3) is 0 Å². The number of rotatable bonds is 4. The number of fused-ring (bicyclic) bond motifs is 3. The molecule has 1 N–H and O–H groups in total. The van der Waals surface area contributed by atoms with Crippen LogP contribution in [0.5, 0.6) is 0 Å². The van der Waals surface area contributed by atoms with Crippen molar-refractivity contribution in [1.82, 2.24) is 0 Å². The van der Waals surface area contributed by atoms with Gasteiger partial charge in [0, 0.05) is 38.4 Å². The van der Waals surface area contributed by atoms with E-state index in [2.05, 4.69) is 15.9 Å². The minimum atomic E-state index is -6.67. The normalized spacial score (nSPS) is 18.4. The number of halogens is 12. The minimum absolute atomic E-state index is 0.0770. The highest BCUT2D eigenvalue weighted by Crippen LogP contribution is 2.57. The molecule has 3 aromatic carbocycles. The highest BCUT2D eigenvalue weighted by atomic mass is 79.9. The van der Waals surface area contributed by atoms with Crippen molar-refractivity contribution < 1.29 is 53.5 Å². The lowest BCUT2D eigenvalue weighted by Gasteiger charge is -2.31. The van der Waals surface area contributed by atoms with Crippen LogP contribution in [0.1, 0.15) is 49.7 Å². The molecule has 0 spiro atoms.